The van der Waals surface area contributed by atoms with E-state index in [1.165, 1.54) is 0 Å². The maximum Gasteiger partial charge on any atom is 0.251 e. The van der Waals surface area contributed by atoms with Gasteiger partial charge in [0.1, 0.15) is 0 Å². The maximum absolute atomic E-state index is 12.3. The van der Waals surface area contributed by atoms with Crippen LogP contribution in [0.1, 0.15) is 47.9 Å². The highest BCUT2D eigenvalue weighted by molar-refractivity contribution is 5.94. The van der Waals surface area contributed by atoms with Crippen molar-refractivity contribution in [3.05, 3.63) is 47.3 Å². The minimum Gasteiger partial charge on any atom is -0.348 e. The Balaban J connectivity index is 2.06. The number of amides is 1. The van der Waals surface area contributed by atoms with Crippen molar-refractivity contribution in [3.63, 3.8) is 0 Å². The molecule has 0 saturated carbocycles. The summed E-state index contributed by atoms with van der Waals surface area (Å²) in [5, 5.41) is 7.46. The summed E-state index contributed by atoms with van der Waals surface area (Å²) in [6.07, 6.45) is 3.09. The molecule has 0 radical (unpaired) electrons. The zero-order valence-corrected chi connectivity index (χ0v) is 14.2. The standard InChI is InChI=1S/C18H26N4O/c1-4-5-6-16(12-19)20-18(23)15-7-9-17(10-8-15)22-14(3)11-13(2)21-22/h7-11,16H,4-6,12,19H2,1-3H3,(H,20,23). The largest absolute Gasteiger partial charge is 0.348 e. The van der Waals surface area contributed by atoms with Crippen LogP contribution in [-0.2, 0) is 0 Å². The summed E-state index contributed by atoms with van der Waals surface area (Å²) < 4.78 is 1.88. The van der Waals surface area contributed by atoms with Gasteiger partial charge < -0.3 is 11.1 Å². The van der Waals surface area contributed by atoms with Gasteiger partial charge in [-0.1, -0.05) is 19.8 Å². The lowest BCUT2D eigenvalue weighted by Gasteiger charge is -2.16. The Morgan fingerprint density at radius 3 is 2.52 bits per heavy atom. The van der Waals surface area contributed by atoms with E-state index in [9.17, 15) is 4.79 Å². The van der Waals surface area contributed by atoms with Crippen molar-refractivity contribution in [1.82, 2.24) is 15.1 Å². The Morgan fingerprint density at radius 2 is 2.00 bits per heavy atom. The van der Waals surface area contributed by atoms with E-state index in [1.54, 1.807) is 0 Å². The first-order valence-electron chi connectivity index (χ1n) is 8.19. The minimum atomic E-state index is -0.0727. The normalized spacial score (nSPS) is 12.2. The molecule has 5 heteroatoms. The molecule has 0 spiro atoms. The fraction of sp³-hybridized carbons (Fsp3) is 0.444. The Bertz CT molecular complexity index is 646. The first kappa shape index (κ1) is 17.2. The molecule has 0 bridgehead atoms. The Kier molecular flexibility index (Phi) is 5.93. The van der Waals surface area contributed by atoms with Crippen molar-refractivity contribution >= 4 is 5.91 Å². The van der Waals surface area contributed by atoms with Crippen LogP contribution in [0.5, 0.6) is 0 Å². The molecule has 0 fully saturated rings. The van der Waals surface area contributed by atoms with Gasteiger partial charge in [0.15, 0.2) is 0 Å². The Labute approximate surface area is 137 Å². The van der Waals surface area contributed by atoms with Crippen molar-refractivity contribution in [2.24, 2.45) is 5.73 Å². The molecule has 0 aliphatic heterocycles. The lowest BCUT2D eigenvalue weighted by molar-refractivity contribution is 0.0936. The van der Waals surface area contributed by atoms with E-state index in [4.69, 9.17) is 5.73 Å². The predicted molar refractivity (Wildman–Crippen MR) is 92.9 cm³/mol. The van der Waals surface area contributed by atoms with Crippen molar-refractivity contribution < 1.29 is 4.79 Å². The van der Waals surface area contributed by atoms with Crippen LogP contribution in [0.2, 0.25) is 0 Å². The first-order valence-corrected chi connectivity index (χ1v) is 8.19. The maximum atomic E-state index is 12.3. The average Bonchev–Trinajstić information content (AvgIpc) is 2.89. The van der Waals surface area contributed by atoms with Crippen molar-refractivity contribution in [3.8, 4) is 5.69 Å². The quantitative estimate of drug-likeness (QED) is 0.825. The molecule has 3 N–H and O–H groups in total. The van der Waals surface area contributed by atoms with Gasteiger partial charge in [0.05, 0.1) is 11.4 Å². The summed E-state index contributed by atoms with van der Waals surface area (Å²) in [4.78, 5) is 12.3. The molecule has 1 amide bonds. The molecule has 1 unspecified atom stereocenters. The molecule has 0 aliphatic rings. The van der Waals surface area contributed by atoms with Gasteiger partial charge in [-0.3, -0.25) is 4.79 Å². The van der Waals surface area contributed by atoms with Crippen LogP contribution in [0.3, 0.4) is 0 Å². The number of nitrogens with two attached hydrogens (primary N) is 1. The molecule has 5 nitrogen and oxygen atoms in total. The monoisotopic (exact) mass is 314 g/mol. The third-order valence-electron chi connectivity index (χ3n) is 3.91. The number of aromatic nitrogens is 2. The van der Waals surface area contributed by atoms with Crippen LogP contribution < -0.4 is 11.1 Å². The fourth-order valence-corrected chi connectivity index (χ4v) is 2.61. The molecule has 1 heterocycles. The second-order valence-corrected chi connectivity index (χ2v) is 5.93. The zero-order valence-electron chi connectivity index (χ0n) is 14.2. The number of benzene rings is 1. The number of hydrogen-bond acceptors (Lipinski definition) is 3. The smallest absolute Gasteiger partial charge is 0.251 e. The van der Waals surface area contributed by atoms with E-state index < -0.39 is 0 Å². The summed E-state index contributed by atoms with van der Waals surface area (Å²) in [7, 11) is 0. The number of rotatable bonds is 7. The number of carbonyl (C=O) groups excluding carboxylic acids is 1. The summed E-state index contributed by atoms with van der Waals surface area (Å²) in [6.45, 7) is 6.58. The highest BCUT2D eigenvalue weighted by Gasteiger charge is 2.12. The number of unbranched alkanes of at least 4 members (excludes halogenated alkanes) is 1. The molecule has 1 aromatic heterocycles. The number of aryl methyl sites for hydroxylation is 2. The summed E-state index contributed by atoms with van der Waals surface area (Å²) in [5.74, 6) is -0.0727. The summed E-state index contributed by atoms with van der Waals surface area (Å²) >= 11 is 0. The molecule has 124 valence electrons. The lowest BCUT2D eigenvalue weighted by atomic mass is 10.1. The molecular formula is C18H26N4O. The highest BCUT2D eigenvalue weighted by Crippen LogP contribution is 2.13. The number of carbonyl (C=O) groups is 1. The predicted octanol–water partition coefficient (Wildman–Crippen LogP) is 2.74. The van der Waals surface area contributed by atoms with Gasteiger partial charge in [-0.2, -0.15) is 5.10 Å². The van der Waals surface area contributed by atoms with E-state index in [0.717, 1.165) is 36.3 Å². The van der Waals surface area contributed by atoms with E-state index in [0.29, 0.717) is 12.1 Å². The van der Waals surface area contributed by atoms with Crippen LogP contribution in [0.4, 0.5) is 0 Å². The van der Waals surface area contributed by atoms with Crippen LogP contribution in [0.15, 0.2) is 30.3 Å². The van der Waals surface area contributed by atoms with Crippen LogP contribution in [0, 0.1) is 13.8 Å². The Hall–Kier alpha value is -2.14. The van der Waals surface area contributed by atoms with Crippen molar-refractivity contribution in [2.45, 2.75) is 46.1 Å². The second-order valence-electron chi connectivity index (χ2n) is 5.93. The topological polar surface area (TPSA) is 72.9 Å². The third kappa shape index (κ3) is 4.42. The van der Waals surface area contributed by atoms with Crippen molar-refractivity contribution in [1.29, 1.82) is 0 Å². The van der Waals surface area contributed by atoms with Gasteiger partial charge in [0.2, 0.25) is 0 Å². The van der Waals surface area contributed by atoms with Crippen molar-refractivity contribution in [2.75, 3.05) is 6.54 Å². The van der Waals surface area contributed by atoms with Crippen LogP contribution >= 0.6 is 0 Å². The molecule has 1 aromatic carbocycles. The highest BCUT2D eigenvalue weighted by atomic mass is 16.1. The van der Waals surface area contributed by atoms with Crippen LogP contribution in [0.25, 0.3) is 5.69 Å². The molecule has 0 saturated heterocycles. The molecule has 23 heavy (non-hydrogen) atoms. The second kappa shape index (κ2) is 7.92. The zero-order chi connectivity index (χ0) is 16.8. The number of nitrogens with one attached hydrogen (secondary N) is 1. The van der Waals surface area contributed by atoms with E-state index in [-0.39, 0.29) is 11.9 Å². The SMILES string of the molecule is CCCCC(CN)NC(=O)c1ccc(-n2nc(C)cc2C)cc1. The molecule has 1 atom stereocenters. The average molecular weight is 314 g/mol. The summed E-state index contributed by atoms with van der Waals surface area (Å²) in [6, 6.07) is 9.55. The van der Waals surface area contributed by atoms with E-state index >= 15 is 0 Å². The van der Waals surface area contributed by atoms with Gasteiger partial charge >= 0.3 is 0 Å². The van der Waals surface area contributed by atoms with Crippen LogP contribution in [-0.4, -0.2) is 28.3 Å². The Morgan fingerprint density at radius 1 is 1.30 bits per heavy atom. The van der Waals surface area contributed by atoms with E-state index in [1.807, 2.05) is 48.9 Å². The van der Waals surface area contributed by atoms with E-state index in [2.05, 4.69) is 17.3 Å². The minimum absolute atomic E-state index is 0.0399. The molecule has 2 aromatic rings. The first-order chi connectivity index (χ1) is 11.0. The molecule has 2 rings (SSSR count). The van der Waals surface area contributed by atoms with Gasteiger partial charge in [-0.15, -0.1) is 0 Å². The fourth-order valence-electron chi connectivity index (χ4n) is 2.61. The third-order valence-corrected chi connectivity index (χ3v) is 3.91. The van der Waals surface area contributed by atoms with Gasteiger partial charge in [0, 0.05) is 23.8 Å². The summed E-state index contributed by atoms with van der Waals surface area (Å²) in [5.41, 5.74) is 9.38. The molecule has 0 aliphatic carbocycles. The number of hydrogen-bond donors (Lipinski definition) is 2. The lowest BCUT2D eigenvalue weighted by Crippen LogP contribution is -2.40. The van der Waals surface area contributed by atoms with Gasteiger partial charge in [0.25, 0.3) is 5.91 Å². The van der Waals surface area contributed by atoms with Gasteiger partial charge in [-0.05, 0) is 50.6 Å². The van der Waals surface area contributed by atoms with Gasteiger partial charge in [-0.25, -0.2) is 4.68 Å². The molecular weight excluding hydrogens is 288 g/mol. The number of nitrogens with zero attached hydrogens (tertiary/aromatic N) is 2.